The van der Waals surface area contributed by atoms with Gasteiger partial charge >= 0.3 is 12.1 Å². The maximum Gasteiger partial charge on any atom is 0.408 e. The first-order valence-corrected chi connectivity index (χ1v) is 11.1. The molecule has 0 aliphatic heterocycles. The first-order valence-electron chi connectivity index (χ1n) is 11.1. The fraction of sp³-hybridized carbons (Fsp3) is 0.583. The Labute approximate surface area is 195 Å². The molecular weight excluding hydrogens is 426 g/mol. The highest BCUT2D eigenvalue weighted by atomic mass is 16.6. The number of alkyl carbamates (subject to hydrolysis) is 1. The number of hydrogen-bond donors (Lipinski definition) is 2. The van der Waals surface area contributed by atoms with Crippen molar-refractivity contribution in [1.82, 2.24) is 15.5 Å². The predicted molar refractivity (Wildman–Crippen MR) is 122 cm³/mol. The lowest BCUT2D eigenvalue weighted by atomic mass is 9.87. The summed E-state index contributed by atoms with van der Waals surface area (Å²) in [7, 11) is 1.24. The zero-order valence-corrected chi connectivity index (χ0v) is 20.3. The molecule has 1 fully saturated rings. The van der Waals surface area contributed by atoms with Gasteiger partial charge < -0.3 is 25.0 Å². The van der Waals surface area contributed by atoms with Gasteiger partial charge in [0.05, 0.1) is 7.11 Å². The average molecular weight is 462 g/mol. The lowest BCUT2D eigenvalue weighted by Gasteiger charge is -2.42. The number of aryl methyl sites for hydroxylation is 1. The van der Waals surface area contributed by atoms with Crippen LogP contribution in [0, 0.1) is 13.8 Å². The molecular formula is C24H35N3O6. The highest BCUT2D eigenvalue weighted by Crippen LogP contribution is 2.34. The van der Waals surface area contributed by atoms with E-state index in [0.29, 0.717) is 5.56 Å². The molecule has 0 heterocycles. The Morgan fingerprint density at radius 1 is 1.09 bits per heavy atom. The van der Waals surface area contributed by atoms with Gasteiger partial charge in [0.2, 0.25) is 11.8 Å². The Balaban J connectivity index is 2.34. The lowest BCUT2D eigenvalue weighted by molar-refractivity contribution is -0.146. The number of benzene rings is 1. The predicted octanol–water partition coefficient (Wildman–Crippen LogP) is 2.54. The van der Waals surface area contributed by atoms with Crippen LogP contribution >= 0.6 is 0 Å². The number of rotatable bonds is 8. The van der Waals surface area contributed by atoms with Crippen LogP contribution in [0.5, 0.6) is 0 Å². The van der Waals surface area contributed by atoms with Gasteiger partial charge in [0.1, 0.15) is 24.7 Å². The summed E-state index contributed by atoms with van der Waals surface area (Å²) in [5, 5.41) is 5.09. The molecule has 182 valence electrons. The van der Waals surface area contributed by atoms with Crippen molar-refractivity contribution in [2.75, 3.05) is 20.2 Å². The molecule has 0 spiro atoms. The van der Waals surface area contributed by atoms with E-state index in [1.807, 2.05) is 32.0 Å². The van der Waals surface area contributed by atoms with Gasteiger partial charge in [0.25, 0.3) is 0 Å². The van der Waals surface area contributed by atoms with Crippen molar-refractivity contribution in [3.05, 3.63) is 34.9 Å². The van der Waals surface area contributed by atoms with Crippen LogP contribution in [-0.2, 0) is 23.9 Å². The van der Waals surface area contributed by atoms with Crippen molar-refractivity contribution in [3.63, 3.8) is 0 Å². The van der Waals surface area contributed by atoms with E-state index in [1.54, 1.807) is 20.8 Å². The Kier molecular flexibility index (Phi) is 8.84. The highest BCUT2D eigenvalue weighted by Gasteiger charge is 2.39. The third-order valence-electron chi connectivity index (χ3n) is 5.64. The summed E-state index contributed by atoms with van der Waals surface area (Å²) in [6, 6.07) is 4.48. The molecule has 2 N–H and O–H groups in total. The molecule has 2 rings (SSSR count). The van der Waals surface area contributed by atoms with E-state index in [9.17, 15) is 19.2 Å². The first kappa shape index (κ1) is 26.2. The van der Waals surface area contributed by atoms with Crippen LogP contribution in [0.25, 0.3) is 0 Å². The standard InChI is InChI=1S/C24H35N3O6/c1-15-9-7-12-18(16(15)2)21(22(30)25-14-20(29)32-6)27(17-10-8-11-17)19(28)13-26-23(31)33-24(3,4)5/h7,9,12,17,21H,8,10-11,13-14H2,1-6H3,(H,25,30)(H,26,31). The van der Waals surface area contributed by atoms with E-state index in [4.69, 9.17) is 4.74 Å². The Morgan fingerprint density at radius 3 is 2.30 bits per heavy atom. The molecule has 9 heteroatoms. The van der Waals surface area contributed by atoms with Gasteiger partial charge in [-0.25, -0.2) is 4.79 Å². The molecule has 3 amide bonds. The van der Waals surface area contributed by atoms with Crippen LogP contribution in [0.15, 0.2) is 18.2 Å². The fourth-order valence-electron chi connectivity index (χ4n) is 3.59. The quantitative estimate of drug-likeness (QED) is 0.575. The molecule has 1 atom stereocenters. The maximum atomic E-state index is 13.3. The molecule has 33 heavy (non-hydrogen) atoms. The van der Waals surface area contributed by atoms with Crippen LogP contribution in [0.4, 0.5) is 4.79 Å². The van der Waals surface area contributed by atoms with Crippen molar-refractivity contribution in [2.24, 2.45) is 0 Å². The molecule has 1 aromatic carbocycles. The van der Waals surface area contributed by atoms with Gasteiger partial charge in [-0.3, -0.25) is 14.4 Å². The van der Waals surface area contributed by atoms with Gasteiger partial charge in [-0.15, -0.1) is 0 Å². The summed E-state index contributed by atoms with van der Waals surface area (Å²) in [6.45, 7) is 8.41. The van der Waals surface area contributed by atoms with Crippen molar-refractivity contribution in [3.8, 4) is 0 Å². The largest absolute Gasteiger partial charge is 0.468 e. The van der Waals surface area contributed by atoms with E-state index in [1.165, 1.54) is 12.0 Å². The monoisotopic (exact) mass is 461 g/mol. The Hall–Kier alpha value is -3.10. The van der Waals surface area contributed by atoms with E-state index in [0.717, 1.165) is 30.4 Å². The van der Waals surface area contributed by atoms with Crippen molar-refractivity contribution >= 4 is 23.9 Å². The summed E-state index contributed by atoms with van der Waals surface area (Å²) < 4.78 is 9.85. The summed E-state index contributed by atoms with van der Waals surface area (Å²) in [5.41, 5.74) is 1.84. The second-order valence-electron chi connectivity index (χ2n) is 9.23. The minimum Gasteiger partial charge on any atom is -0.468 e. The lowest BCUT2D eigenvalue weighted by Crippen LogP contribution is -2.54. The number of hydrogen-bond acceptors (Lipinski definition) is 6. The second kappa shape index (κ2) is 11.2. The third kappa shape index (κ3) is 7.20. The van der Waals surface area contributed by atoms with E-state index >= 15 is 0 Å². The molecule has 0 aromatic heterocycles. The number of amides is 3. The van der Waals surface area contributed by atoms with Crippen molar-refractivity contribution < 1.29 is 28.7 Å². The SMILES string of the molecule is COC(=O)CNC(=O)C(c1cccc(C)c1C)N(C(=O)CNC(=O)OC(C)(C)C)C1CCC1. The molecule has 0 bridgehead atoms. The van der Waals surface area contributed by atoms with E-state index in [-0.39, 0.29) is 19.1 Å². The fourth-order valence-corrected chi connectivity index (χ4v) is 3.59. The molecule has 1 unspecified atom stereocenters. The van der Waals surface area contributed by atoms with E-state index < -0.39 is 35.5 Å². The van der Waals surface area contributed by atoms with Gasteiger partial charge in [0, 0.05) is 6.04 Å². The minimum absolute atomic E-state index is 0.147. The maximum absolute atomic E-state index is 13.3. The van der Waals surface area contributed by atoms with Gasteiger partial charge in [-0.1, -0.05) is 18.2 Å². The van der Waals surface area contributed by atoms with E-state index in [2.05, 4.69) is 15.4 Å². The highest BCUT2D eigenvalue weighted by molar-refractivity contribution is 5.92. The van der Waals surface area contributed by atoms with Gasteiger partial charge in [-0.2, -0.15) is 0 Å². The topological polar surface area (TPSA) is 114 Å². The van der Waals surface area contributed by atoms with Gasteiger partial charge in [-0.05, 0) is 70.6 Å². The second-order valence-corrected chi connectivity index (χ2v) is 9.23. The number of nitrogens with one attached hydrogen (secondary N) is 2. The van der Waals surface area contributed by atoms with Crippen molar-refractivity contribution in [1.29, 1.82) is 0 Å². The first-order chi connectivity index (χ1) is 15.4. The third-order valence-corrected chi connectivity index (χ3v) is 5.64. The number of nitrogens with zero attached hydrogens (tertiary/aromatic N) is 1. The average Bonchev–Trinajstić information content (AvgIpc) is 2.70. The number of carbonyl (C=O) groups is 4. The zero-order valence-electron chi connectivity index (χ0n) is 20.3. The molecule has 0 saturated heterocycles. The van der Waals surface area contributed by atoms with Crippen LogP contribution in [-0.4, -0.2) is 60.6 Å². The van der Waals surface area contributed by atoms with Crippen molar-refractivity contribution in [2.45, 2.75) is 71.6 Å². The van der Waals surface area contributed by atoms with Crippen LogP contribution in [0.2, 0.25) is 0 Å². The molecule has 1 aromatic rings. The Morgan fingerprint density at radius 2 is 1.76 bits per heavy atom. The number of methoxy groups -OCH3 is 1. The number of carbonyl (C=O) groups excluding carboxylic acids is 4. The van der Waals surface area contributed by atoms with Crippen LogP contribution < -0.4 is 10.6 Å². The number of esters is 1. The molecule has 1 saturated carbocycles. The smallest absolute Gasteiger partial charge is 0.408 e. The molecule has 9 nitrogen and oxygen atoms in total. The molecule has 0 radical (unpaired) electrons. The Bertz CT molecular complexity index is 889. The summed E-state index contributed by atoms with van der Waals surface area (Å²) >= 11 is 0. The van der Waals surface area contributed by atoms with Crippen LogP contribution in [0.3, 0.4) is 0 Å². The molecule has 1 aliphatic carbocycles. The normalized spacial score (nSPS) is 14.5. The van der Waals surface area contributed by atoms with Crippen LogP contribution in [0.1, 0.15) is 62.8 Å². The molecule has 1 aliphatic rings. The summed E-state index contributed by atoms with van der Waals surface area (Å²) in [4.78, 5) is 51.9. The number of ether oxygens (including phenoxy) is 2. The summed E-state index contributed by atoms with van der Waals surface area (Å²) in [5.74, 6) is -1.47. The summed E-state index contributed by atoms with van der Waals surface area (Å²) in [6.07, 6.45) is 1.74. The van der Waals surface area contributed by atoms with Gasteiger partial charge in [0.15, 0.2) is 0 Å². The zero-order chi connectivity index (χ0) is 24.8. The minimum atomic E-state index is -0.951.